The van der Waals surface area contributed by atoms with E-state index in [0.717, 1.165) is 49.0 Å². The molecule has 2 aromatic carbocycles. The van der Waals surface area contributed by atoms with Gasteiger partial charge in [-0.1, -0.05) is 68.1 Å². The summed E-state index contributed by atoms with van der Waals surface area (Å²) in [5.41, 5.74) is 2.60. The first kappa shape index (κ1) is 23.4. The smallest absolute Gasteiger partial charge is 0.230 e. The van der Waals surface area contributed by atoms with Gasteiger partial charge in [0, 0.05) is 6.54 Å². The Kier molecular flexibility index (Phi) is 8.05. The van der Waals surface area contributed by atoms with Crippen molar-refractivity contribution in [3.05, 3.63) is 71.5 Å². The van der Waals surface area contributed by atoms with Crippen LogP contribution in [0.25, 0.3) is 0 Å². The Hall–Kier alpha value is -2.80. The fourth-order valence-corrected chi connectivity index (χ4v) is 4.87. The van der Waals surface area contributed by atoms with Crippen LogP contribution >= 0.6 is 11.8 Å². The Morgan fingerprint density at radius 1 is 1.15 bits per heavy atom. The van der Waals surface area contributed by atoms with Crippen molar-refractivity contribution in [3.63, 3.8) is 0 Å². The first-order valence-corrected chi connectivity index (χ1v) is 12.7. The average Bonchev–Trinajstić information content (AvgIpc) is 3.22. The molecule has 33 heavy (non-hydrogen) atoms. The zero-order chi connectivity index (χ0) is 23.0. The van der Waals surface area contributed by atoms with E-state index in [4.69, 9.17) is 4.74 Å². The van der Waals surface area contributed by atoms with Gasteiger partial charge in [0.05, 0.1) is 11.8 Å². The molecule has 1 atom stereocenters. The number of thioether (sulfide) groups is 1. The number of benzene rings is 2. The number of carbonyl (C=O) groups excluding carboxylic acids is 1. The van der Waals surface area contributed by atoms with Crippen LogP contribution < -0.4 is 10.1 Å². The van der Waals surface area contributed by atoms with Crippen LogP contribution in [0, 0.1) is 5.92 Å². The minimum Gasteiger partial charge on any atom is -0.486 e. The molecule has 4 rings (SSSR count). The highest BCUT2D eigenvalue weighted by atomic mass is 32.2. The molecule has 0 saturated carbocycles. The molecular weight excluding hydrogens is 432 g/mol. The molecule has 1 N–H and O–H groups in total. The van der Waals surface area contributed by atoms with Crippen LogP contribution in [-0.4, -0.2) is 26.4 Å². The SMILES string of the molecule is CC(C)CCn1c(COc2ccccc2)nnc1SCC(=O)NC1CCCc2ccccc21. The maximum Gasteiger partial charge on any atom is 0.230 e. The lowest BCUT2D eigenvalue weighted by Gasteiger charge is -2.26. The summed E-state index contributed by atoms with van der Waals surface area (Å²) in [4.78, 5) is 12.8. The maximum atomic E-state index is 12.8. The first-order chi connectivity index (χ1) is 16.1. The number of nitrogens with zero attached hydrogens (tertiary/aromatic N) is 3. The van der Waals surface area contributed by atoms with Gasteiger partial charge in [-0.3, -0.25) is 4.79 Å². The molecule has 1 unspecified atom stereocenters. The number of rotatable bonds is 10. The van der Waals surface area contributed by atoms with E-state index in [1.54, 1.807) is 0 Å². The summed E-state index contributed by atoms with van der Waals surface area (Å²) in [6.07, 6.45) is 4.18. The lowest BCUT2D eigenvalue weighted by molar-refractivity contribution is -0.119. The molecule has 1 aromatic heterocycles. The van der Waals surface area contributed by atoms with Crippen LogP contribution in [0.3, 0.4) is 0 Å². The topological polar surface area (TPSA) is 69.0 Å². The maximum absolute atomic E-state index is 12.8. The highest BCUT2D eigenvalue weighted by Gasteiger charge is 2.22. The summed E-state index contributed by atoms with van der Waals surface area (Å²) in [6.45, 7) is 5.55. The van der Waals surface area contributed by atoms with E-state index in [1.165, 1.54) is 22.9 Å². The highest BCUT2D eigenvalue weighted by molar-refractivity contribution is 7.99. The Morgan fingerprint density at radius 3 is 2.76 bits per heavy atom. The van der Waals surface area contributed by atoms with E-state index < -0.39 is 0 Å². The summed E-state index contributed by atoms with van der Waals surface area (Å²) in [5.74, 6) is 2.49. The van der Waals surface area contributed by atoms with Crippen LogP contribution in [0.4, 0.5) is 0 Å². The van der Waals surface area contributed by atoms with Gasteiger partial charge >= 0.3 is 0 Å². The van der Waals surface area contributed by atoms with E-state index in [0.29, 0.717) is 18.3 Å². The molecule has 1 heterocycles. The van der Waals surface area contributed by atoms with Crippen molar-refractivity contribution in [2.24, 2.45) is 5.92 Å². The Labute approximate surface area is 200 Å². The molecule has 1 amide bonds. The van der Waals surface area contributed by atoms with Crippen molar-refractivity contribution >= 4 is 17.7 Å². The molecule has 7 heteroatoms. The number of nitrogens with one attached hydrogen (secondary N) is 1. The second-order valence-electron chi connectivity index (χ2n) is 8.83. The largest absolute Gasteiger partial charge is 0.486 e. The van der Waals surface area contributed by atoms with Crippen molar-refractivity contribution in [2.75, 3.05) is 5.75 Å². The van der Waals surface area contributed by atoms with Crippen molar-refractivity contribution in [3.8, 4) is 5.75 Å². The van der Waals surface area contributed by atoms with Gasteiger partial charge in [-0.05, 0) is 54.9 Å². The average molecular weight is 465 g/mol. The Morgan fingerprint density at radius 2 is 1.94 bits per heavy atom. The molecule has 0 bridgehead atoms. The van der Waals surface area contributed by atoms with Gasteiger partial charge in [-0.25, -0.2) is 0 Å². The quantitative estimate of drug-likeness (QED) is 0.418. The number of amides is 1. The standard InChI is InChI=1S/C26H32N4O2S/c1-19(2)15-16-30-24(17-32-21-11-4-3-5-12-21)28-29-26(30)33-18-25(31)27-23-14-8-10-20-9-6-7-13-22(20)23/h3-7,9,11-13,19,23H,8,10,14-18H2,1-2H3,(H,27,31). The highest BCUT2D eigenvalue weighted by Crippen LogP contribution is 2.29. The molecule has 1 aliphatic carbocycles. The minimum absolute atomic E-state index is 0.0298. The molecule has 1 aliphatic rings. The van der Waals surface area contributed by atoms with Gasteiger partial charge in [0.2, 0.25) is 5.91 Å². The van der Waals surface area contributed by atoms with Crippen LogP contribution in [0.5, 0.6) is 5.75 Å². The van der Waals surface area contributed by atoms with Crippen molar-refractivity contribution in [2.45, 2.75) is 63.9 Å². The number of carbonyl (C=O) groups is 1. The lowest BCUT2D eigenvalue weighted by Crippen LogP contribution is -2.32. The summed E-state index contributed by atoms with van der Waals surface area (Å²) in [7, 11) is 0. The summed E-state index contributed by atoms with van der Waals surface area (Å²) in [5, 5.41) is 12.7. The van der Waals surface area contributed by atoms with Crippen molar-refractivity contribution in [1.82, 2.24) is 20.1 Å². The van der Waals surface area contributed by atoms with Gasteiger partial charge < -0.3 is 14.6 Å². The number of fused-ring (bicyclic) bond motifs is 1. The van der Waals surface area contributed by atoms with Gasteiger partial charge in [0.15, 0.2) is 11.0 Å². The number of para-hydroxylation sites is 1. The van der Waals surface area contributed by atoms with Gasteiger partial charge in [0.25, 0.3) is 0 Å². The van der Waals surface area contributed by atoms with Crippen LogP contribution in [0.15, 0.2) is 59.8 Å². The molecule has 0 radical (unpaired) electrons. The van der Waals surface area contributed by atoms with Crippen LogP contribution in [0.1, 0.15) is 56.1 Å². The first-order valence-electron chi connectivity index (χ1n) is 11.7. The Balaban J connectivity index is 1.38. The number of aryl methyl sites for hydroxylation is 1. The summed E-state index contributed by atoms with van der Waals surface area (Å²) in [6, 6.07) is 18.2. The number of hydrogen-bond donors (Lipinski definition) is 1. The van der Waals surface area contributed by atoms with Crippen LogP contribution in [-0.2, 0) is 24.4 Å². The molecule has 0 spiro atoms. The third-order valence-corrected chi connectivity index (χ3v) is 6.84. The summed E-state index contributed by atoms with van der Waals surface area (Å²) >= 11 is 1.44. The van der Waals surface area contributed by atoms with E-state index in [2.05, 4.69) is 52.1 Å². The summed E-state index contributed by atoms with van der Waals surface area (Å²) < 4.78 is 7.99. The fraction of sp³-hybridized carbons (Fsp3) is 0.423. The minimum atomic E-state index is 0.0298. The van der Waals surface area contributed by atoms with Crippen molar-refractivity contribution in [1.29, 1.82) is 0 Å². The third-order valence-electron chi connectivity index (χ3n) is 5.87. The van der Waals surface area contributed by atoms with E-state index in [-0.39, 0.29) is 11.9 Å². The predicted molar refractivity (Wildman–Crippen MR) is 131 cm³/mol. The molecule has 0 fully saturated rings. The normalized spacial score (nSPS) is 15.3. The molecular formula is C26H32N4O2S. The van der Waals surface area contributed by atoms with Gasteiger partial charge in [-0.2, -0.15) is 0 Å². The van der Waals surface area contributed by atoms with Crippen molar-refractivity contribution < 1.29 is 9.53 Å². The number of hydrogen-bond acceptors (Lipinski definition) is 5. The predicted octanol–water partition coefficient (Wildman–Crippen LogP) is 5.19. The molecule has 0 saturated heterocycles. The molecule has 3 aromatic rings. The monoisotopic (exact) mass is 464 g/mol. The zero-order valence-electron chi connectivity index (χ0n) is 19.4. The second-order valence-corrected chi connectivity index (χ2v) is 9.78. The van der Waals surface area contributed by atoms with Gasteiger partial charge in [0.1, 0.15) is 12.4 Å². The van der Waals surface area contributed by atoms with Crippen LogP contribution in [0.2, 0.25) is 0 Å². The molecule has 6 nitrogen and oxygen atoms in total. The van der Waals surface area contributed by atoms with E-state index >= 15 is 0 Å². The van der Waals surface area contributed by atoms with E-state index in [9.17, 15) is 4.79 Å². The van der Waals surface area contributed by atoms with Gasteiger partial charge in [-0.15, -0.1) is 10.2 Å². The lowest BCUT2D eigenvalue weighted by atomic mass is 9.88. The third kappa shape index (κ3) is 6.38. The fourth-order valence-electron chi connectivity index (χ4n) is 4.08. The number of aromatic nitrogens is 3. The zero-order valence-corrected chi connectivity index (χ0v) is 20.2. The second kappa shape index (κ2) is 11.4. The van der Waals surface area contributed by atoms with E-state index in [1.807, 2.05) is 36.4 Å². The molecule has 0 aliphatic heterocycles. The number of ether oxygens (including phenoxy) is 1. The Bertz CT molecular complexity index is 1050. The molecule has 174 valence electrons.